The fourth-order valence-corrected chi connectivity index (χ4v) is 2.09. The fourth-order valence-electron chi connectivity index (χ4n) is 1.75. The molecule has 0 saturated heterocycles. The van der Waals surface area contributed by atoms with E-state index in [1.807, 2.05) is 18.2 Å². The molecule has 76 valence electrons. The Labute approximate surface area is 96.7 Å². The van der Waals surface area contributed by atoms with E-state index < -0.39 is 0 Å². The molecule has 15 heavy (non-hydrogen) atoms. The third-order valence-corrected chi connectivity index (χ3v) is 2.83. The molecule has 0 bridgehead atoms. The molecule has 3 rings (SSSR count). The first kappa shape index (κ1) is 9.08. The summed E-state index contributed by atoms with van der Waals surface area (Å²) in [6, 6.07) is 5.70. The molecule has 2 heterocycles. The number of hydrogen-bond acceptors (Lipinski definition) is 3. The third kappa shape index (κ3) is 1.40. The summed E-state index contributed by atoms with van der Waals surface area (Å²) in [6.07, 6.45) is 0. The average molecular weight is 239 g/mol. The summed E-state index contributed by atoms with van der Waals surface area (Å²) in [4.78, 5) is 4.21. The Hall–Kier alpha value is -1.17. The van der Waals surface area contributed by atoms with Crippen LogP contribution in [0, 0.1) is 0 Å². The fraction of sp³-hybridized carbons (Fsp3) is 0.111. The second-order valence-corrected chi connectivity index (χ2v) is 4.18. The van der Waals surface area contributed by atoms with Crippen molar-refractivity contribution in [3.05, 3.63) is 28.8 Å². The first-order valence-corrected chi connectivity index (χ1v) is 5.23. The summed E-state index contributed by atoms with van der Waals surface area (Å²) in [7, 11) is 0. The van der Waals surface area contributed by atoms with Crippen LogP contribution in [0.5, 0.6) is 0 Å². The minimum atomic E-state index is 0.00500. The minimum Gasteiger partial charge on any atom is -0.342 e. The topological polar surface area (TPSA) is 48.5 Å². The van der Waals surface area contributed by atoms with Gasteiger partial charge in [0.1, 0.15) is 11.9 Å². The summed E-state index contributed by atoms with van der Waals surface area (Å²) in [5, 5.41) is 4.35. The van der Waals surface area contributed by atoms with Crippen LogP contribution in [0.25, 0.3) is 0 Å². The number of hydrogen-bond donors (Lipinski definition) is 3. The molecule has 0 fully saturated rings. The van der Waals surface area contributed by atoms with Crippen LogP contribution in [0.1, 0.15) is 11.6 Å². The van der Waals surface area contributed by atoms with Crippen molar-refractivity contribution in [3.8, 4) is 0 Å². The molecular weight excluding hydrogens is 232 g/mol. The zero-order valence-electron chi connectivity index (χ0n) is 7.54. The molecule has 1 atom stereocenters. The van der Waals surface area contributed by atoms with Crippen molar-refractivity contribution >= 4 is 40.5 Å². The standard InChI is InChI=1S/C9H7ClN4S/c10-4-1-2-6-5(3-4)7-8(11-6)12-9(15)14-13-7/h1-3,7,13H,(H2,11,12,14,15). The van der Waals surface area contributed by atoms with Crippen molar-refractivity contribution in [1.82, 2.24) is 10.9 Å². The monoisotopic (exact) mass is 238 g/mol. The molecule has 1 aromatic rings. The van der Waals surface area contributed by atoms with E-state index in [0.29, 0.717) is 10.1 Å². The van der Waals surface area contributed by atoms with Crippen molar-refractivity contribution in [3.63, 3.8) is 0 Å². The molecular formula is C9H7ClN4S. The molecule has 4 nitrogen and oxygen atoms in total. The summed E-state index contributed by atoms with van der Waals surface area (Å²) in [5.74, 6) is 0.816. The highest BCUT2D eigenvalue weighted by molar-refractivity contribution is 7.80. The predicted octanol–water partition coefficient (Wildman–Crippen LogP) is 1.60. The molecule has 0 saturated carbocycles. The van der Waals surface area contributed by atoms with Crippen molar-refractivity contribution < 1.29 is 0 Å². The maximum absolute atomic E-state index is 5.94. The molecule has 0 aliphatic carbocycles. The Balaban J connectivity index is 2.11. The molecule has 3 N–H and O–H groups in total. The zero-order chi connectivity index (χ0) is 10.4. The van der Waals surface area contributed by atoms with Gasteiger partial charge in [-0.05, 0) is 30.4 Å². The zero-order valence-corrected chi connectivity index (χ0v) is 9.12. The number of fused-ring (bicyclic) bond motifs is 3. The molecule has 1 unspecified atom stereocenters. The number of amidine groups is 1. The highest BCUT2D eigenvalue weighted by atomic mass is 35.5. The van der Waals surface area contributed by atoms with E-state index in [-0.39, 0.29) is 6.04 Å². The smallest absolute Gasteiger partial charge is 0.209 e. The molecule has 2 aliphatic heterocycles. The van der Waals surface area contributed by atoms with Gasteiger partial charge in [0, 0.05) is 16.3 Å². The van der Waals surface area contributed by atoms with Crippen LogP contribution < -0.4 is 16.2 Å². The van der Waals surface area contributed by atoms with Gasteiger partial charge in [-0.2, -0.15) is 0 Å². The van der Waals surface area contributed by atoms with Crippen LogP contribution in [0.15, 0.2) is 23.2 Å². The van der Waals surface area contributed by atoms with E-state index >= 15 is 0 Å². The molecule has 1 aromatic carbocycles. The van der Waals surface area contributed by atoms with Crippen LogP contribution in [-0.4, -0.2) is 10.9 Å². The van der Waals surface area contributed by atoms with E-state index in [9.17, 15) is 0 Å². The van der Waals surface area contributed by atoms with Crippen LogP contribution in [-0.2, 0) is 0 Å². The maximum Gasteiger partial charge on any atom is 0.209 e. The van der Waals surface area contributed by atoms with Crippen molar-refractivity contribution in [2.75, 3.05) is 5.32 Å². The van der Waals surface area contributed by atoms with Gasteiger partial charge in [-0.1, -0.05) is 11.6 Å². The summed E-state index contributed by atoms with van der Waals surface area (Å²) in [6.45, 7) is 0. The van der Waals surface area contributed by atoms with Gasteiger partial charge < -0.3 is 5.32 Å². The van der Waals surface area contributed by atoms with E-state index in [0.717, 1.165) is 17.1 Å². The lowest BCUT2D eigenvalue weighted by atomic mass is 10.1. The number of hydrazine groups is 1. The molecule has 0 spiro atoms. The SMILES string of the molecule is S=C1N=C2Nc3ccc(Cl)cc3C2NN1. The highest BCUT2D eigenvalue weighted by Gasteiger charge is 2.31. The maximum atomic E-state index is 5.94. The highest BCUT2D eigenvalue weighted by Crippen LogP contribution is 2.33. The quantitative estimate of drug-likeness (QED) is 0.601. The lowest BCUT2D eigenvalue weighted by Crippen LogP contribution is -2.46. The molecule has 0 radical (unpaired) electrons. The molecule has 0 amide bonds. The predicted molar refractivity (Wildman–Crippen MR) is 64.1 cm³/mol. The van der Waals surface area contributed by atoms with Crippen LogP contribution in [0.2, 0.25) is 5.02 Å². The van der Waals surface area contributed by atoms with Gasteiger partial charge in [0.05, 0.1) is 0 Å². The number of benzene rings is 1. The molecule has 6 heteroatoms. The van der Waals surface area contributed by atoms with Crippen molar-refractivity contribution in [2.24, 2.45) is 4.99 Å². The van der Waals surface area contributed by atoms with Gasteiger partial charge in [-0.25, -0.2) is 10.4 Å². The number of halogens is 1. The number of rotatable bonds is 0. The normalized spacial score (nSPS) is 22.3. The van der Waals surface area contributed by atoms with Crippen molar-refractivity contribution in [1.29, 1.82) is 0 Å². The minimum absolute atomic E-state index is 0.00500. The van der Waals surface area contributed by atoms with Gasteiger partial charge in [0.25, 0.3) is 0 Å². The number of nitrogens with zero attached hydrogens (tertiary/aromatic N) is 1. The van der Waals surface area contributed by atoms with Crippen LogP contribution in [0.3, 0.4) is 0 Å². The van der Waals surface area contributed by atoms with Gasteiger partial charge in [-0.15, -0.1) is 0 Å². The molecule has 2 aliphatic rings. The Morgan fingerprint density at radius 3 is 3.13 bits per heavy atom. The number of anilines is 1. The number of thiocarbonyl (C=S) groups is 1. The summed E-state index contributed by atoms with van der Waals surface area (Å²) >= 11 is 10.9. The Bertz CT molecular complexity index is 485. The van der Waals surface area contributed by atoms with E-state index in [1.54, 1.807) is 0 Å². The van der Waals surface area contributed by atoms with Gasteiger partial charge >= 0.3 is 0 Å². The largest absolute Gasteiger partial charge is 0.342 e. The second-order valence-electron chi connectivity index (χ2n) is 3.36. The Kier molecular flexibility index (Phi) is 1.92. The average Bonchev–Trinajstić information content (AvgIpc) is 2.54. The lowest BCUT2D eigenvalue weighted by Gasteiger charge is -2.19. The summed E-state index contributed by atoms with van der Waals surface area (Å²) in [5.41, 5.74) is 7.99. The van der Waals surface area contributed by atoms with E-state index in [4.69, 9.17) is 23.8 Å². The van der Waals surface area contributed by atoms with Gasteiger partial charge in [-0.3, -0.25) is 5.43 Å². The number of nitrogens with one attached hydrogen (secondary N) is 3. The van der Waals surface area contributed by atoms with E-state index in [1.165, 1.54) is 0 Å². The molecule has 0 aromatic heterocycles. The first-order valence-electron chi connectivity index (χ1n) is 4.44. The third-order valence-electron chi connectivity index (χ3n) is 2.41. The van der Waals surface area contributed by atoms with Gasteiger partial charge in [0.2, 0.25) is 5.11 Å². The van der Waals surface area contributed by atoms with Crippen LogP contribution >= 0.6 is 23.8 Å². The van der Waals surface area contributed by atoms with E-state index in [2.05, 4.69) is 21.2 Å². The Morgan fingerprint density at radius 2 is 2.27 bits per heavy atom. The van der Waals surface area contributed by atoms with Crippen LogP contribution in [0.4, 0.5) is 5.69 Å². The summed E-state index contributed by atoms with van der Waals surface area (Å²) < 4.78 is 0. The second kappa shape index (κ2) is 3.16. The first-order chi connectivity index (χ1) is 7.24. The lowest BCUT2D eigenvalue weighted by molar-refractivity contribution is 0.607. The Morgan fingerprint density at radius 1 is 1.40 bits per heavy atom. The van der Waals surface area contributed by atoms with Crippen molar-refractivity contribution in [2.45, 2.75) is 6.04 Å². The number of aliphatic imine (C=N–C) groups is 1. The van der Waals surface area contributed by atoms with Gasteiger partial charge in [0.15, 0.2) is 0 Å².